The standard InChI is InChI=1S/C13H13ClFN3O/c14-11-6-10(15)2-1-9(11)5-13(19)12-7-18(4-3-16)8-17-12/h1-2,6-8H,3-5,16H2. The van der Waals surface area contributed by atoms with Crippen LogP contribution in [0.2, 0.25) is 5.02 Å². The number of hydrogen-bond acceptors (Lipinski definition) is 3. The van der Waals surface area contributed by atoms with Crippen molar-refractivity contribution in [2.45, 2.75) is 13.0 Å². The van der Waals surface area contributed by atoms with Crippen molar-refractivity contribution >= 4 is 17.4 Å². The van der Waals surface area contributed by atoms with E-state index in [0.29, 0.717) is 24.3 Å². The van der Waals surface area contributed by atoms with Crippen molar-refractivity contribution in [3.8, 4) is 0 Å². The predicted molar refractivity (Wildman–Crippen MR) is 70.7 cm³/mol. The largest absolute Gasteiger partial charge is 0.335 e. The Balaban J connectivity index is 2.11. The molecule has 2 aromatic rings. The number of benzene rings is 1. The molecule has 0 spiro atoms. The third-order valence-electron chi connectivity index (χ3n) is 2.67. The first-order chi connectivity index (χ1) is 9.10. The number of carbonyl (C=O) groups excluding carboxylic acids is 1. The molecule has 0 radical (unpaired) electrons. The quantitative estimate of drug-likeness (QED) is 0.854. The van der Waals surface area contributed by atoms with Crippen LogP contribution in [-0.2, 0) is 13.0 Å². The lowest BCUT2D eigenvalue weighted by molar-refractivity contribution is 0.0988. The van der Waals surface area contributed by atoms with Crippen LogP contribution in [0.5, 0.6) is 0 Å². The molecule has 4 nitrogen and oxygen atoms in total. The highest BCUT2D eigenvalue weighted by Crippen LogP contribution is 2.19. The van der Waals surface area contributed by atoms with Gasteiger partial charge in [0.1, 0.15) is 11.5 Å². The average molecular weight is 282 g/mol. The fourth-order valence-corrected chi connectivity index (χ4v) is 1.94. The molecule has 0 aliphatic rings. The number of hydrogen-bond donors (Lipinski definition) is 1. The number of rotatable bonds is 5. The van der Waals surface area contributed by atoms with Crippen LogP contribution in [0.4, 0.5) is 4.39 Å². The maximum Gasteiger partial charge on any atom is 0.187 e. The van der Waals surface area contributed by atoms with Gasteiger partial charge in [-0.3, -0.25) is 4.79 Å². The zero-order valence-corrected chi connectivity index (χ0v) is 10.9. The molecule has 1 aromatic carbocycles. The number of halogens is 2. The van der Waals surface area contributed by atoms with E-state index in [1.54, 1.807) is 17.1 Å². The molecule has 1 heterocycles. The molecular formula is C13H13ClFN3O. The third-order valence-corrected chi connectivity index (χ3v) is 3.02. The molecule has 1 aromatic heterocycles. The molecule has 0 saturated heterocycles. The molecule has 0 aliphatic carbocycles. The highest BCUT2D eigenvalue weighted by Gasteiger charge is 2.12. The monoisotopic (exact) mass is 281 g/mol. The van der Waals surface area contributed by atoms with Crippen molar-refractivity contribution in [1.29, 1.82) is 0 Å². The van der Waals surface area contributed by atoms with Crippen molar-refractivity contribution < 1.29 is 9.18 Å². The van der Waals surface area contributed by atoms with Crippen LogP contribution in [0.3, 0.4) is 0 Å². The van der Waals surface area contributed by atoms with Crippen molar-refractivity contribution in [1.82, 2.24) is 9.55 Å². The second kappa shape index (κ2) is 5.95. The Morgan fingerprint density at radius 1 is 1.47 bits per heavy atom. The summed E-state index contributed by atoms with van der Waals surface area (Å²) in [7, 11) is 0. The topological polar surface area (TPSA) is 60.9 Å². The SMILES string of the molecule is NCCn1cnc(C(=O)Cc2ccc(F)cc2Cl)c1. The fraction of sp³-hybridized carbons (Fsp3) is 0.231. The van der Waals surface area contributed by atoms with Gasteiger partial charge in [-0.25, -0.2) is 9.37 Å². The molecule has 0 fully saturated rings. The molecule has 2 N–H and O–H groups in total. The van der Waals surface area contributed by atoms with Gasteiger partial charge in [0.05, 0.1) is 6.33 Å². The zero-order valence-electron chi connectivity index (χ0n) is 10.1. The third kappa shape index (κ3) is 3.39. The van der Waals surface area contributed by atoms with Gasteiger partial charge in [-0.15, -0.1) is 0 Å². The van der Waals surface area contributed by atoms with Crippen LogP contribution < -0.4 is 5.73 Å². The smallest absolute Gasteiger partial charge is 0.187 e. The van der Waals surface area contributed by atoms with Crippen molar-refractivity contribution in [2.24, 2.45) is 5.73 Å². The molecular weight excluding hydrogens is 269 g/mol. The average Bonchev–Trinajstić information content (AvgIpc) is 2.82. The lowest BCUT2D eigenvalue weighted by Crippen LogP contribution is -2.08. The van der Waals surface area contributed by atoms with Gasteiger partial charge >= 0.3 is 0 Å². The molecule has 0 atom stereocenters. The van der Waals surface area contributed by atoms with E-state index in [0.717, 1.165) is 0 Å². The molecule has 0 unspecified atom stereocenters. The second-order valence-electron chi connectivity index (χ2n) is 4.12. The molecule has 0 aliphatic heterocycles. The Hall–Kier alpha value is -1.72. The van der Waals surface area contributed by atoms with E-state index in [9.17, 15) is 9.18 Å². The molecule has 6 heteroatoms. The van der Waals surface area contributed by atoms with Gasteiger partial charge in [0.2, 0.25) is 0 Å². The summed E-state index contributed by atoms with van der Waals surface area (Å²) in [5.41, 5.74) is 6.36. The molecule has 0 saturated carbocycles. The van der Waals surface area contributed by atoms with E-state index in [2.05, 4.69) is 4.98 Å². The summed E-state index contributed by atoms with van der Waals surface area (Å²) >= 11 is 5.88. The summed E-state index contributed by atoms with van der Waals surface area (Å²) in [6.45, 7) is 1.09. The number of aromatic nitrogens is 2. The molecule has 0 bridgehead atoms. The normalized spacial score (nSPS) is 10.7. The van der Waals surface area contributed by atoms with Gasteiger partial charge in [0, 0.05) is 30.7 Å². The Labute approximate surface area is 115 Å². The van der Waals surface area contributed by atoms with Crippen LogP contribution in [0.15, 0.2) is 30.7 Å². The lowest BCUT2D eigenvalue weighted by atomic mass is 10.1. The lowest BCUT2D eigenvalue weighted by Gasteiger charge is -2.02. The first kappa shape index (κ1) is 13.7. The number of ketones is 1. The minimum absolute atomic E-state index is 0.0960. The van der Waals surface area contributed by atoms with Crippen molar-refractivity contribution in [3.05, 3.63) is 52.8 Å². The first-order valence-corrected chi connectivity index (χ1v) is 6.17. The van der Waals surface area contributed by atoms with E-state index in [-0.39, 0.29) is 17.2 Å². The molecule has 0 amide bonds. The highest BCUT2D eigenvalue weighted by atomic mass is 35.5. The summed E-state index contributed by atoms with van der Waals surface area (Å²) in [6, 6.07) is 3.98. The second-order valence-corrected chi connectivity index (χ2v) is 4.53. The summed E-state index contributed by atoms with van der Waals surface area (Å²) in [6.07, 6.45) is 3.30. The maximum atomic E-state index is 12.9. The summed E-state index contributed by atoms with van der Waals surface area (Å²) < 4.78 is 14.6. The number of imidazole rings is 1. The Morgan fingerprint density at radius 2 is 2.26 bits per heavy atom. The Kier molecular flexibility index (Phi) is 4.29. The fourth-order valence-electron chi connectivity index (χ4n) is 1.70. The summed E-state index contributed by atoms with van der Waals surface area (Å²) in [4.78, 5) is 16.0. The van der Waals surface area contributed by atoms with E-state index in [4.69, 9.17) is 17.3 Å². The van der Waals surface area contributed by atoms with Crippen LogP contribution in [0.25, 0.3) is 0 Å². The van der Waals surface area contributed by atoms with Crippen LogP contribution in [0, 0.1) is 5.82 Å². The van der Waals surface area contributed by atoms with Gasteiger partial charge in [-0.1, -0.05) is 17.7 Å². The number of nitrogens with zero attached hydrogens (tertiary/aromatic N) is 2. The van der Waals surface area contributed by atoms with Gasteiger partial charge in [-0.2, -0.15) is 0 Å². The molecule has 100 valence electrons. The zero-order chi connectivity index (χ0) is 13.8. The Bertz CT molecular complexity index is 597. The molecule has 2 rings (SSSR count). The van der Waals surface area contributed by atoms with Gasteiger partial charge < -0.3 is 10.3 Å². The predicted octanol–water partition coefficient (Wildman–Crippen LogP) is 2.06. The first-order valence-electron chi connectivity index (χ1n) is 5.79. The minimum atomic E-state index is -0.423. The van der Waals surface area contributed by atoms with Crippen molar-refractivity contribution in [3.63, 3.8) is 0 Å². The van der Waals surface area contributed by atoms with Gasteiger partial charge in [-0.05, 0) is 17.7 Å². The van der Waals surface area contributed by atoms with Gasteiger partial charge in [0.15, 0.2) is 5.78 Å². The molecule has 19 heavy (non-hydrogen) atoms. The van der Waals surface area contributed by atoms with E-state index >= 15 is 0 Å². The minimum Gasteiger partial charge on any atom is -0.335 e. The van der Waals surface area contributed by atoms with Crippen LogP contribution >= 0.6 is 11.6 Å². The summed E-state index contributed by atoms with van der Waals surface area (Å²) in [5, 5.41) is 0.245. The van der Waals surface area contributed by atoms with E-state index in [1.165, 1.54) is 18.2 Å². The maximum absolute atomic E-state index is 12.9. The highest BCUT2D eigenvalue weighted by molar-refractivity contribution is 6.31. The number of nitrogens with two attached hydrogens (primary N) is 1. The van der Waals surface area contributed by atoms with E-state index < -0.39 is 5.82 Å². The summed E-state index contributed by atoms with van der Waals surface area (Å²) in [5.74, 6) is -0.585. The van der Waals surface area contributed by atoms with Crippen molar-refractivity contribution in [2.75, 3.05) is 6.54 Å². The van der Waals surface area contributed by atoms with E-state index in [1.807, 2.05) is 0 Å². The van der Waals surface area contributed by atoms with Gasteiger partial charge in [0.25, 0.3) is 0 Å². The van der Waals surface area contributed by atoms with Crippen LogP contribution in [0.1, 0.15) is 16.1 Å². The van der Waals surface area contributed by atoms with Crippen LogP contribution in [-0.4, -0.2) is 21.9 Å². The number of Topliss-reactive ketones (excluding diaryl/α,β-unsaturated/α-hetero) is 1. The number of carbonyl (C=O) groups is 1. The Morgan fingerprint density at radius 3 is 2.95 bits per heavy atom.